The van der Waals surface area contributed by atoms with E-state index in [0.717, 1.165) is 11.3 Å². The zero-order chi connectivity index (χ0) is 15.6. The molecule has 1 aliphatic heterocycles. The molecule has 0 fully saturated rings. The summed E-state index contributed by atoms with van der Waals surface area (Å²) in [7, 11) is -3.09. The number of amides is 1. The van der Waals surface area contributed by atoms with Gasteiger partial charge in [0.25, 0.3) is 0 Å². The van der Waals surface area contributed by atoms with Crippen molar-refractivity contribution in [3.05, 3.63) is 29.8 Å². The van der Waals surface area contributed by atoms with E-state index in [-0.39, 0.29) is 29.7 Å². The highest BCUT2D eigenvalue weighted by Crippen LogP contribution is 2.28. The molecular weight excluding hydrogens is 288 g/mol. The lowest BCUT2D eigenvalue weighted by atomic mass is 9.87. The summed E-state index contributed by atoms with van der Waals surface area (Å²) >= 11 is 0. The molecule has 2 rings (SSSR count). The van der Waals surface area contributed by atoms with Crippen LogP contribution in [-0.2, 0) is 21.1 Å². The van der Waals surface area contributed by atoms with E-state index in [2.05, 4.69) is 10.6 Å². The fourth-order valence-corrected chi connectivity index (χ4v) is 3.76. The van der Waals surface area contributed by atoms with Gasteiger partial charge in [0, 0.05) is 24.0 Å². The lowest BCUT2D eigenvalue weighted by Crippen LogP contribution is -2.47. The maximum Gasteiger partial charge on any atom is 0.225 e. The number of anilines is 1. The number of benzene rings is 1. The summed E-state index contributed by atoms with van der Waals surface area (Å²) in [6, 6.07) is 7.58. The predicted octanol–water partition coefficient (Wildman–Crippen LogP) is 1.21. The van der Waals surface area contributed by atoms with Crippen LogP contribution >= 0.6 is 0 Å². The quantitative estimate of drug-likeness (QED) is 0.876. The monoisotopic (exact) mass is 310 g/mol. The van der Waals surface area contributed by atoms with Crippen molar-refractivity contribution in [2.75, 3.05) is 17.3 Å². The molecule has 116 valence electrons. The predicted molar refractivity (Wildman–Crippen MR) is 84.0 cm³/mol. The Balaban J connectivity index is 2.03. The Morgan fingerprint density at radius 3 is 2.76 bits per heavy atom. The van der Waals surface area contributed by atoms with Crippen molar-refractivity contribution in [3.8, 4) is 0 Å². The average molecular weight is 310 g/mol. The van der Waals surface area contributed by atoms with Crippen LogP contribution in [0.15, 0.2) is 24.3 Å². The second-order valence-corrected chi connectivity index (χ2v) is 8.09. The third-order valence-electron chi connectivity index (χ3n) is 3.72. The molecule has 1 aromatic carbocycles. The van der Waals surface area contributed by atoms with Gasteiger partial charge in [0.05, 0.1) is 11.7 Å². The van der Waals surface area contributed by atoms with Crippen molar-refractivity contribution >= 4 is 21.4 Å². The number of hydrogen-bond acceptors (Lipinski definition) is 4. The molecule has 0 bridgehead atoms. The van der Waals surface area contributed by atoms with Gasteiger partial charge in [0.2, 0.25) is 5.91 Å². The zero-order valence-corrected chi connectivity index (χ0v) is 13.4. The summed E-state index contributed by atoms with van der Waals surface area (Å²) in [5.74, 6) is -0.327. The highest BCUT2D eigenvalue weighted by Gasteiger charge is 2.31. The number of sulfone groups is 1. The smallest absolute Gasteiger partial charge is 0.225 e. The first-order valence-corrected chi connectivity index (χ1v) is 9.15. The van der Waals surface area contributed by atoms with E-state index < -0.39 is 9.84 Å². The van der Waals surface area contributed by atoms with Crippen LogP contribution in [0.25, 0.3) is 0 Å². The number of rotatable bonds is 4. The number of para-hydroxylation sites is 1. The van der Waals surface area contributed by atoms with E-state index in [1.54, 1.807) is 6.92 Å². The van der Waals surface area contributed by atoms with Crippen LogP contribution < -0.4 is 10.6 Å². The highest BCUT2D eigenvalue weighted by molar-refractivity contribution is 7.90. The minimum atomic E-state index is -3.09. The molecule has 0 spiro atoms. The van der Waals surface area contributed by atoms with Crippen molar-refractivity contribution in [1.29, 1.82) is 0 Å². The summed E-state index contributed by atoms with van der Waals surface area (Å²) < 4.78 is 22.5. The lowest BCUT2D eigenvalue weighted by molar-refractivity contribution is -0.125. The van der Waals surface area contributed by atoms with Crippen LogP contribution in [0.1, 0.15) is 19.4 Å². The topological polar surface area (TPSA) is 75.3 Å². The third kappa shape index (κ3) is 4.20. The Kier molecular flexibility index (Phi) is 4.56. The van der Waals surface area contributed by atoms with Crippen LogP contribution in [-0.4, -0.2) is 38.4 Å². The van der Waals surface area contributed by atoms with Gasteiger partial charge in [-0.25, -0.2) is 8.42 Å². The van der Waals surface area contributed by atoms with Gasteiger partial charge in [-0.3, -0.25) is 4.79 Å². The molecule has 0 radical (unpaired) electrons. The minimum absolute atomic E-state index is 0.0188. The lowest BCUT2D eigenvalue weighted by Gasteiger charge is -2.32. The molecule has 2 N–H and O–H groups in total. The number of carbonyl (C=O) groups is 1. The first-order chi connectivity index (χ1) is 9.76. The fourth-order valence-electron chi connectivity index (χ4n) is 2.76. The van der Waals surface area contributed by atoms with E-state index in [9.17, 15) is 13.2 Å². The Morgan fingerprint density at radius 1 is 1.43 bits per heavy atom. The van der Waals surface area contributed by atoms with Crippen LogP contribution in [0.2, 0.25) is 0 Å². The molecule has 3 atom stereocenters. The van der Waals surface area contributed by atoms with Crippen LogP contribution in [0.4, 0.5) is 5.69 Å². The van der Waals surface area contributed by atoms with Crippen molar-refractivity contribution in [2.45, 2.75) is 32.4 Å². The molecule has 5 nitrogen and oxygen atoms in total. The Hall–Kier alpha value is -1.56. The van der Waals surface area contributed by atoms with Crippen molar-refractivity contribution < 1.29 is 13.2 Å². The Labute approximate surface area is 126 Å². The summed E-state index contributed by atoms with van der Waals surface area (Å²) in [5.41, 5.74) is 2.18. The highest BCUT2D eigenvalue weighted by atomic mass is 32.2. The molecule has 0 aliphatic carbocycles. The molecule has 0 aromatic heterocycles. The fraction of sp³-hybridized carbons (Fsp3) is 0.533. The van der Waals surface area contributed by atoms with Crippen molar-refractivity contribution in [3.63, 3.8) is 0 Å². The standard InChI is InChI=1S/C15H22N2O3S/c1-10(9-21(3,19)20)16-15(18)13-8-12-6-4-5-7-14(12)17-11(13)2/h4-7,10-11,13,17H,8-9H2,1-3H3,(H,16,18). The van der Waals surface area contributed by atoms with Gasteiger partial charge in [0.15, 0.2) is 0 Å². The molecular formula is C15H22N2O3S. The largest absolute Gasteiger partial charge is 0.382 e. The van der Waals surface area contributed by atoms with Gasteiger partial charge in [-0.05, 0) is 31.9 Å². The van der Waals surface area contributed by atoms with Gasteiger partial charge in [0.1, 0.15) is 9.84 Å². The normalized spacial score (nSPS) is 22.8. The van der Waals surface area contributed by atoms with Crippen molar-refractivity contribution in [2.24, 2.45) is 5.92 Å². The number of hydrogen-bond donors (Lipinski definition) is 2. The second-order valence-electron chi connectivity index (χ2n) is 5.90. The third-order valence-corrected chi connectivity index (χ3v) is 4.83. The van der Waals surface area contributed by atoms with Gasteiger partial charge < -0.3 is 10.6 Å². The summed E-state index contributed by atoms with van der Waals surface area (Å²) in [5, 5.41) is 6.14. The van der Waals surface area contributed by atoms with Gasteiger partial charge >= 0.3 is 0 Å². The molecule has 1 aliphatic rings. The minimum Gasteiger partial charge on any atom is -0.382 e. The SMILES string of the molecule is CC(CS(C)(=O)=O)NC(=O)C1Cc2ccccc2NC1C. The summed E-state index contributed by atoms with van der Waals surface area (Å²) in [6.07, 6.45) is 1.85. The van der Waals surface area contributed by atoms with E-state index in [4.69, 9.17) is 0 Å². The summed E-state index contributed by atoms with van der Waals surface area (Å²) in [6.45, 7) is 3.69. The Morgan fingerprint density at radius 2 is 2.10 bits per heavy atom. The van der Waals surface area contributed by atoms with E-state index in [1.807, 2.05) is 31.2 Å². The van der Waals surface area contributed by atoms with Crippen LogP contribution in [0.5, 0.6) is 0 Å². The molecule has 1 heterocycles. The number of nitrogens with one attached hydrogen (secondary N) is 2. The second kappa shape index (κ2) is 6.05. The molecule has 6 heteroatoms. The Bertz CT molecular complexity index is 628. The summed E-state index contributed by atoms with van der Waals surface area (Å²) in [4.78, 5) is 12.4. The molecule has 21 heavy (non-hydrogen) atoms. The van der Waals surface area contributed by atoms with Gasteiger partial charge in [-0.15, -0.1) is 0 Å². The first kappa shape index (κ1) is 15.8. The van der Waals surface area contributed by atoms with Gasteiger partial charge in [-0.1, -0.05) is 18.2 Å². The average Bonchev–Trinajstić information content (AvgIpc) is 2.35. The maximum absolute atomic E-state index is 12.4. The number of carbonyl (C=O) groups excluding carboxylic acids is 1. The number of fused-ring (bicyclic) bond motifs is 1. The molecule has 1 aromatic rings. The molecule has 0 saturated heterocycles. The maximum atomic E-state index is 12.4. The first-order valence-electron chi connectivity index (χ1n) is 7.09. The van der Waals surface area contributed by atoms with Gasteiger partial charge in [-0.2, -0.15) is 0 Å². The van der Waals surface area contributed by atoms with E-state index in [0.29, 0.717) is 6.42 Å². The van der Waals surface area contributed by atoms with E-state index >= 15 is 0 Å². The van der Waals surface area contributed by atoms with Crippen LogP contribution in [0, 0.1) is 5.92 Å². The van der Waals surface area contributed by atoms with E-state index in [1.165, 1.54) is 6.26 Å². The van der Waals surface area contributed by atoms with Crippen molar-refractivity contribution in [1.82, 2.24) is 5.32 Å². The van der Waals surface area contributed by atoms with Crippen LogP contribution in [0.3, 0.4) is 0 Å². The molecule has 3 unspecified atom stereocenters. The molecule has 0 saturated carbocycles. The molecule has 1 amide bonds. The zero-order valence-electron chi connectivity index (χ0n) is 12.6.